The summed E-state index contributed by atoms with van der Waals surface area (Å²) in [4.78, 5) is 1.07. The maximum Gasteiger partial charge on any atom is 0.00754 e. The monoisotopic (exact) mass is 354 g/mol. The molecule has 0 radical (unpaired) electrons. The van der Waals surface area contributed by atoms with Gasteiger partial charge in [-0.15, -0.1) is 12.6 Å². The molecule has 128 valence electrons. The van der Waals surface area contributed by atoms with Gasteiger partial charge in [-0.25, -0.2) is 0 Å². The molecule has 0 amide bonds. The lowest BCUT2D eigenvalue weighted by Crippen LogP contribution is -1.88. The quantitative estimate of drug-likeness (QED) is 0.379. The van der Waals surface area contributed by atoms with Crippen LogP contribution in [0.5, 0.6) is 0 Å². The minimum atomic E-state index is 0.959. The molecule has 0 bridgehead atoms. The highest BCUT2D eigenvalue weighted by Crippen LogP contribution is 2.18. The van der Waals surface area contributed by atoms with Crippen molar-refractivity contribution in [3.05, 3.63) is 126 Å². The second kappa shape index (κ2) is 9.65. The molecule has 0 aromatic heterocycles. The van der Waals surface area contributed by atoms with E-state index >= 15 is 0 Å². The van der Waals surface area contributed by atoms with Crippen molar-refractivity contribution in [2.24, 2.45) is 0 Å². The van der Waals surface area contributed by atoms with Gasteiger partial charge < -0.3 is 0 Å². The van der Waals surface area contributed by atoms with Crippen molar-refractivity contribution in [3.8, 4) is 11.1 Å². The van der Waals surface area contributed by atoms with Crippen LogP contribution in [0.3, 0.4) is 0 Å². The molecule has 4 aromatic rings. The van der Waals surface area contributed by atoms with Crippen molar-refractivity contribution in [1.82, 2.24) is 0 Å². The Bertz CT molecular complexity index is 863. The molecule has 0 saturated heterocycles. The molecule has 0 N–H and O–H groups in total. The van der Waals surface area contributed by atoms with Crippen LogP contribution in [0.4, 0.5) is 0 Å². The largest absolute Gasteiger partial charge is 0.143 e. The Morgan fingerprint density at radius 1 is 0.462 bits per heavy atom. The van der Waals surface area contributed by atoms with Gasteiger partial charge in [0.1, 0.15) is 0 Å². The third-order valence-corrected chi connectivity index (χ3v) is 4.55. The zero-order chi connectivity index (χ0) is 18.0. The second-order valence-corrected chi connectivity index (χ2v) is 6.50. The van der Waals surface area contributed by atoms with Crippen molar-refractivity contribution < 1.29 is 0 Å². The van der Waals surface area contributed by atoms with Crippen LogP contribution in [0.2, 0.25) is 0 Å². The predicted octanol–water partition coefficient (Wildman–Crippen LogP) is 6.92. The van der Waals surface area contributed by atoms with E-state index in [0.717, 1.165) is 11.3 Å². The van der Waals surface area contributed by atoms with Gasteiger partial charge in [0.05, 0.1) is 0 Å². The Balaban J connectivity index is 0.000000152. The Morgan fingerprint density at radius 3 is 1.38 bits per heavy atom. The van der Waals surface area contributed by atoms with E-state index in [4.69, 9.17) is 0 Å². The summed E-state index contributed by atoms with van der Waals surface area (Å²) in [6.07, 6.45) is 0.959. The Kier molecular flexibility index (Phi) is 6.69. The van der Waals surface area contributed by atoms with E-state index in [2.05, 4.69) is 97.6 Å². The zero-order valence-electron chi connectivity index (χ0n) is 14.6. The Labute approximate surface area is 161 Å². The highest BCUT2D eigenvalue weighted by Gasteiger charge is 1.98. The molecule has 4 aromatic carbocycles. The summed E-state index contributed by atoms with van der Waals surface area (Å²) in [5.41, 5.74) is 5.16. The van der Waals surface area contributed by atoms with Crippen LogP contribution in [-0.4, -0.2) is 0 Å². The van der Waals surface area contributed by atoms with E-state index in [1.54, 1.807) is 0 Å². The molecule has 0 unspecified atom stereocenters. The second-order valence-electron chi connectivity index (χ2n) is 6.02. The van der Waals surface area contributed by atoms with Crippen LogP contribution >= 0.6 is 12.6 Å². The number of benzene rings is 4. The number of rotatable bonds is 3. The standard InChI is InChI=1S/C13H12S.C12H10/c14-13-9-5-4-8-12(13)10-11-6-2-1-3-7-11;1-3-7-11(8-4-1)12-9-5-2-6-10-12/h1-9,14H,10H2;1-10H. The van der Waals surface area contributed by atoms with E-state index in [-0.39, 0.29) is 0 Å². The highest BCUT2D eigenvalue weighted by atomic mass is 32.1. The third-order valence-electron chi connectivity index (χ3n) is 4.11. The normalized spacial score (nSPS) is 9.88. The summed E-state index contributed by atoms with van der Waals surface area (Å²) < 4.78 is 0. The maximum absolute atomic E-state index is 4.43. The summed E-state index contributed by atoms with van der Waals surface area (Å²) in [7, 11) is 0. The van der Waals surface area contributed by atoms with Gasteiger partial charge in [0.15, 0.2) is 0 Å². The fourth-order valence-electron chi connectivity index (χ4n) is 2.74. The molecule has 0 spiro atoms. The van der Waals surface area contributed by atoms with Gasteiger partial charge in [-0.2, -0.15) is 0 Å². The van der Waals surface area contributed by atoms with Gasteiger partial charge in [0.25, 0.3) is 0 Å². The van der Waals surface area contributed by atoms with Gasteiger partial charge in [0, 0.05) is 4.90 Å². The molecular weight excluding hydrogens is 332 g/mol. The van der Waals surface area contributed by atoms with Crippen LogP contribution in [0, 0.1) is 0 Å². The molecule has 0 nitrogen and oxygen atoms in total. The number of hydrogen-bond acceptors (Lipinski definition) is 1. The Morgan fingerprint density at radius 2 is 0.885 bits per heavy atom. The summed E-state index contributed by atoms with van der Waals surface area (Å²) in [6, 6.07) is 39.4. The zero-order valence-corrected chi connectivity index (χ0v) is 15.5. The minimum absolute atomic E-state index is 0.959. The summed E-state index contributed by atoms with van der Waals surface area (Å²) in [5, 5.41) is 0. The van der Waals surface area contributed by atoms with E-state index in [1.807, 2.05) is 30.3 Å². The highest BCUT2D eigenvalue weighted by molar-refractivity contribution is 7.80. The first-order valence-corrected chi connectivity index (χ1v) is 9.19. The van der Waals surface area contributed by atoms with Crippen molar-refractivity contribution in [3.63, 3.8) is 0 Å². The van der Waals surface area contributed by atoms with Crippen LogP contribution < -0.4 is 0 Å². The average molecular weight is 355 g/mol. The molecule has 0 aliphatic heterocycles. The predicted molar refractivity (Wildman–Crippen MR) is 115 cm³/mol. The van der Waals surface area contributed by atoms with E-state index in [0.29, 0.717) is 0 Å². The van der Waals surface area contributed by atoms with E-state index in [1.165, 1.54) is 22.3 Å². The molecule has 1 heteroatoms. The molecule has 4 rings (SSSR count). The summed E-state index contributed by atoms with van der Waals surface area (Å²) in [5.74, 6) is 0. The average Bonchev–Trinajstić information content (AvgIpc) is 2.72. The lowest BCUT2D eigenvalue weighted by atomic mass is 10.1. The Hall–Kier alpha value is -2.77. The van der Waals surface area contributed by atoms with E-state index in [9.17, 15) is 0 Å². The topological polar surface area (TPSA) is 0 Å². The van der Waals surface area contributed by atoms with Crippen molar-refractivity contribution in [2.75, 3.05) is 0 Å². The lowest BCUT2D eigenvalue weighted by Gasteiger charge is -2.04. The van der Waals surface area contributed by atoms with Gasteiger partial charge in [0.2, 0.25) is 0 Å². The molecule has 0 atom stereocenters. The van der Waals surface area contributed by atoms with Gasteiger partial charge >= 0.3 is 0 Å². The van der Waals surface area contributed by atoms with Crippen LogP contribution in [0.25, 0.3) is 11.1 Å². The van der Waals surface area contributed by atoms with Crippen molar-refractivity contribution in [1.29, 1.82) is 0 Å². The first kappa shape index (κ1) is 18.0. The maximum atomic E-state index is 4.43. The number of thiol groups is 1. The fraction of sp³-hybridized carbons (Fsp3) is 0.0400. The van der Waals surface area contributed by atoms with Crippen LogP contribution in [0.15, 0.2) is 120 Å². The molecule has 0 saturated carbocycles. The molecule has 0 aliphatic rings. The van der Waals surface area contributed by atoms with Gasteiger partial charge in [-0.1, -0.05) is 109 Å². The van der Waals surface area contributed by atoms with Crippen LogP contribution in [0.1, 0.15) is 11.1 Å². The first-order valence-electron chi connectivity index (χ1n) is 8.74. The van der Waals surface area contributed by atoms with Crippen LogP contribution in [-0.2, 0) is 6.42 Å². The molecular formula is C25H22S. The van der Waals surface area contributed by atoms with E-state index < -0.39 is 0 Å². The molecule has 0 heterocycles. The third kappa shape index (κ3) is 5.37. The summed E-state index contributed by atoms with van der Waals surface area (Å²) in [6.45, 7) is 0. The smallest absolute Gasteiger partial charge is 0.00754 e. The first-order chi connectivity index (χ1) is 12.8. The van der Waals surface area contributed by atoms with Gasteiger partial charge in [-0.3, -0.25) is 0 Å². The SMILES string of the molecule is Sc1ccccc1Cc1ccccc1.c1ccc(-c2ccccc2)cc1. The van der Waals surface area contributed by atoms with Gasteiger partial charge in [-0.05, 0) is 34.7 Å². The molecule has 0 fully saturated rings. The summed E-state index contributed by atoms with van der Waals surface area (Å²) >= 11 is 4.43. The van der Waals surface area contributed by atoms with Crippen molar-refractivity contribution in [2.45, 2.75) is 11.3 Å². The lowest BCUT2D eigenvalue weighted by molar-refractivity contribution is 1.13. The molecule has 26 heavy (non-hydrogen) atoms. The molecule has 0 aliphatic carbocycles. The van der Waals surface area contributed by atoms with Crippen molar-refractivity contribution >= 4 is 12.6 Å². The minimum Gasteiger partial charge on any atom is -0.143 e. The fourth-order valence-corrected chi connectivity index (χ4v) is 2.98. The number of hydrogen-bond donors (Lipinski definition) is 1.